The minimum absolute atomic E-state index is 0.167. The molecule has 0 spiro atoms. The Kier molecular flexibility index (Phi) is 6.01. The second kappa shape index (κ2) is 7.04. The Balaban J connectivity index is 2.15. The molecule has 4 nitrogen and oxygen atoms in total. The van der Waals surface area contributed by atoms with Crippen LogP contribution in [0.15, 0.2) is 11.6 Å². The fraction of sp³-hybridized carbons (Fsp3) is 0.818. The highest BCUT2D eigenvalue weighted by atomic mass is 32.2. The standard InChI is InChI=1S/C11H22N2O2S/c1-2-12-9-10-16(14,15)13-8-7-11-5-3-4-6-11/h5,12-13H,2-4,6-10H2,1H3. The van der Waals surface area contributed by atoms with Crippen LogP contribution in [-0.2, 0) is 10.0 Å². The van der Waals surface area contributed by atoms with E-state index in [1.54, 1.807) is 0 Å². The van der Waals surface area contributed by atoms with E-state index in [0.29, 0.717) is 13.1 Å². The van der Waals surface area contributed by atoms with Gasteiger partial charge in [0.2, 0.25) is 10.0 Å². The van der Waals surface area contributed by atoms with Gasteiger partial charge in [0, 0.05) is 13.1 Å². The van der Waals surface area contributed by atoms with E-state index in [2.05, 4.69) is 16.1 Å². The summed E-state index contributed by atoms with van der Waals surface area (Å²) in [5, 5.41) is 3.01. The van der Waals surface area contributed by atoms with Crippen molar-refractivity contribution >= 4 is 10.0 Å². The normalized spacial score (nSPS) is 16.4. The summed E-state index contributed by atoms with van der Waals surface area (Å²) >= 11 is 0. The Labute approximate surface area is 98.6 Å². The third-order valence-electron chi connectivity index (χ3n) is 2.70. The zero-order valence-electron chi connectivity index (χ0n) is 9.96. The summed E-state index contributed by atoms with van der Waals surface area (Å²) in [5.74, 6) is 0.167. The molecular weight excluding hydrogens is 224 g/mol. The monoisotopic (exact) mass is 246 g/mol. The van der Waals surface area contributed by atoms with Crippen LogP contribution in [0.3, 0.4) is 0 Å². The highest BCUT2D eigenvalue weighted by molar-refractivity contribution is 7.89. The minimum Gasteiger partial charge on any atom is -0.316 e. The van der Waals surface area contributed by atoms with Crippen molar-refractivity contribution in [2.45, 2.75) is 32.6 Å². The van der Waals surface area contributed by atoms with Crippen molar-refractivity contribution in [3.63, 3.8) is 0 Å². The van der Waals surface area contributed by atoms with Crippen LogP contribution in [0.2, 0.25) is 0 Å². The van der Waals surface area contributed by atoms with Gasteiger partial charge in [-0.15, -0.1) is 0 Å². The van der Waals surface area contributed by atoms with Gasteiger partial charge in [0.15, 0.2) is 0 Å². The number of sulfonamides is 1. The quantitative estimate of drug-likeness (QED) is 0.496. The van der Waals surface area contributed by atoms with Gasteiger partial charge < -0.3 is 5.32 Å². The summed E-state index contributed by atoms with van der Waals surface area (Å²) in [6.45, 7) is 3.84. The summed E-state index contributed by atoms with van der Waals surface area (Å²) in [6.07, 6.45) is 6.61. The first-order valence-electron chi connectivity index (χ1n) is 6.00. The van der Waals surface area contributed by atoms with Gasteiger partial charge in [0.05, 0.1) is 5.75 Å². The lowest BCUT2D eigenvalue weighted by Crippen LogP contribution is -2.32. The van der Waals surface area contributed by atoms with Crippen molar-refractivity contribution in [2.24, 2.45) is 0 Å². The lowest BCUT2D eigenvalue weighted by Gasteiger charge is -2.07. The van der Waals surface area contributed by atoms with Gasteiger partial charge in [-0.25, -0.2) is 13.1 Å². The average Bonchev–Trinajstić information content (AvgIpc) is 2.70. The van der Waals surface area contributed by atoms with Gasteiger partial charge in [-0.3, -0.25) is 0 Å². The van der Waals surface area contributed by atoms with Crippen LogP contribution in [0.4, 0.5) is 0 Å². The molecule has 0 fully saturated rings. The van der Waals surface area contributed by atoms with Crippen molar-refractivity contribution < 1.29 is 8.42 Å². The van der Waals surface area contributed by atoms with Crippen molar-refractivity contribution in [1.29, 1.82) is 0 Å². The molecule has 0 amide bonds. The summed E-state index contributed by atoms with van der Waals surface area (Å²) in [5.41, 5.74) is 1.40. The molecule has 0 aromatic heterocycles. The van der Waals surface area contributed by atoms with Crippen LogP contribution >= 0.6 is 0 Å². The Bertz CT molecular complexity index is 323. The number of rotatable bonds is 8. The van der Waals surface area contributed by atoms with Gasteiger partial charge in [0.25, 0.3) is 0 Å². The van der Waals surface area contributed by atoms with Crippen molar-refractivity contribution in [3.05, 3.63) is 11.6 Å². The molecule has 0 saturated carbocycles. The van der Waals surface area contributed by atoms with Crippen LogP contribution < -0.4 is 10.0 Å². The largest absolute Gasteiger partial charge is 0.316 e. The van der Waals surface area contributed by atoms with Gasteiger partial charge >= 0.3 is 0 Å². The molecule has 16 heavy (non-hydrogen) atoms. The molecule has 1 rings (SSSR count). The summed E-state index contributed by atoms with van der Waals surface area (Å²) in [4.78, 5) is 0. The summed E-state index contributed by atoms with van der Waals surface area (Å²) in [7, 11) is -3.09. The molecule has 0 atom stereocenters. The van der Waals surface area contributed by atoms with Crippen molar-refractivity contribution in [3.8, 4) is 0 Å². The predicted molar refractivity (Wildman–Crippen MR) is 66.9 cm³/mol. The van der Waals surface area contributed by atoms with E-state index >= 15 is 0 Å². The Morgan fingerprint density at radius 2 is 2.19 bits per heavy atom. The van der Waals surface area contributed by atoms with Gasteiger partial charge in [-0.05, 0) is 32.2 Å². The number of nitrogens with one attached hydrogen (secondary N) is 2. The summed E-state index contributed by atoms with van der Waals surface area (Å²) in [6, 6.07) is 0. The first kappa shape index (κ1) is 13.7. The molecular formula is C11H22N2O2S. The molecule has 0 saturated heterocycles. The first-order chi connectivity index (χ1) is 7.64. The third kappa shape index (κ3) is 5.63. The topological polar surface area (TPSA) is 58.2 Å². The van der Waals surface area contributed by atoms with Gasteiger partial charge in [-0.1, -0.05) is 18.6 Å². The molecule has 1 aliphatic carbocycles. The van der Waals surface area contributed by atoms with E-state index in [0.717, 1.165) is 25.8 Å². The third-order valence-corrected chi connectivity index (χ3v) is 4.09. The molecule has 0 heterocycles. The maximum atomic E-state index is 11.5. The predicted octanol–water partition coefficient (Wildman–Crippen LogP) is 1.02. The SMILES string of the molecule is CCNCCS(=O)(=O)NCCC1=CCCC1. The maximum absolute atomic E-state index is 11.5. The zero-order chi connectivity index (χ0) is 11.9. The lowest BCUT2D eigenvalue weighted by molar-refractivity contribution is 0.577. The molecule has 0 radical (unpaired) electrons. The Morgan fingerprint density at radius 3 is 2.81 bits per heavy atom. The minimum atomic E-state index is -3.09. The molecule has 0 bridgehead atoms. The van der Waals surface area contributed by atoms with Crippen LogP contribution in [-0.4, -0.2) is 33.8 Å². The van der Waals surface area contributed by atoms with E-state index in [-0.39, 0.29) is 5.75 Å². The molecule has 0 unspecified atom stereocenters. The first-order valence-corrected chi connectivity index (χ1v) is 7.65. The van der Waals surface area contributed by atoms with E-state index in [4.69, 9.17) is 0 Å². The molecule has 1 aliphatic rings. The lowest BCUT2D eigenvalue weighted by atomic mass is 10.2. The number of hydrogen-bond donors (Lipinski definition) is 2. The molecule has 5 heteroatoms. The fourth-order valence-corrected chi connectivity index (χ4v) is 2.76. The van der Waals surface area contributed by atoms with Crippen LogP contribution in [0.5, 0.6) is 0 Å². The number of allylic oxidation sites excluding steroid dienone is 1. The second-order valence-electron chi connectivity index (χ2n) is 4.07. The van der Waals surface area contributed by atoms with E-state index in [1.807, 2.05) is 6.92 Å². The fourth-order valence-electron chi connectivity index (χ4n) is 1.79. The average molecular weight is 246 g/mol. The zero-order valence-corrected chi connectivity index (χ0v) is 10.8. The van der Waals surface area contributed by atoms with Crippen LogP contribution in [0.25, 0.3) is 0 Å². The Hall–Kier alpha value is -0.390. The highest BCUT2D eigenvalue weighted by Gasteiger charge is 2.10. The summed E-state index contributed by atoms with van der Waals surface area (Å²) < 4.78 is 25.7. The smallest absolute Gasteiger partial charge is 0.212 e. The second-order valence-corrected chi connectivity index (χ2v) is 6.00. The highest BCUT2D eigenvalue weighted by Crippen LogP contribution is 2.19. The maximum Gasteiger partial charge on any atom is 0.212 e. The molecule has 0 aliphatic heterocycles. The number of hydrogen-bond acceptors (Lipinski definition) is 3. The molecule has 0 aromatic rings. The van der Waals surface area contributed by atoms with Crippen LogP contribution in [0.1, 0.15) is 32.6 Å². The van der Waals surface area contributed by atoms with E-state index < -0.39 is 10.0 Å². The van der Waals surface area contributed by atoms with Gasteiger partial charge in [0.1, 0.15) is 0 Å². The van der Waals surface area contributed by atoms with E-state index in [1.165, 1.54) is 12.0 Å². The molecule has 0 aromatic carbocycles. The van der Waals surface area contributed by atoms with Crippen molar-refractivity contribution in [1.82, 2.24) is 10.0 Å². The van der Waals surface area contributed by atoms with Gasteiger partial charge in [-0.2, -0.15) is 0 Å². The van der Waals surface area contributed by atoms with Crippen molar-refractivity contribution in [2.75, 3.05) is 25.4 Å². The van der Waals surface area contributed by atoms with E-state index in [9.17, 15) is 8.42 Å². The molecule has 2 N–H and O–H groups in total. The Morgan fingerprint density at radius 1 is 1.38 bits per heavy atom. The van der Waals surface area contributed by atoms with Crippen LogP contribution in [0, 0.1) is 0 Å². The molecule has 94 valence electrons.